The molecule has 1 heterocycles. The zero-order valence-corrected chi connectivity index (χ0v) is 22.4. The second-order valence-electron chi connectivity index (χ2n) is 9.10. The fraction of sp³-hybridized carbons (Fsp3) is 0.259. The van der Waals surface area contributed by atoms with Gasteiger partial charge in [0.1, 0.15) is 23.7 Å². The molecule has 0 aliphatic rings. The van der Waals surface area contributed by atoms with Crippen LogP contribution in [0.3, 0.4) is 0 Å². The van der Waals surface area contributed by atoms with Gasteiger partial charge in [-0.15, -0.1) is 0 Å². The molecule has 0 spiro atoms. The number of methoxy groups -OCH3 is 1. The lowest BCUT2D eigenvalue weighted by atomic mass is 10.1. The molecule has 0 saturated heterocycles. The lowest BCUT2D eigenvalue weighted by Gasteiger charge is -2.20. The van der Waals surface area contributed by atoms with E-state index in [1.54, 1.807) is 75.4 Å². The normalized spacial score (nSPS) is 11.7. The lowest BCUT2D eigenvalue weighted by Crippen LogP contribution is -2.34. The number of carbonyl (C=O) groups excluding carboxylic acids is 1. The largest absolute Gasteiger partial charge is 0.619 e. The highest BCUT2D eigenvalue weighted by Gasteiger charge is 2.20. The van der Waals surface area contributed by atoms with Crippen LogP contribution in [0.4, 0.5) is 10.5 Å². The molecule has 0 atom stereocenters. The number of alkyl carbamates (subject to hydrolysis) is 1. The van der Waals surface area contributed by atoms with Crippen LogP contribution in [0.15, 0.2) is 71.9 Å². The number of benzene rings is 2. The van der Waals surface area contributed by atoms with Gasteiger partial charge in [0.05, 0.1) is 24.2 Å². The van der Waals surface area contributed by atoms with E-state index in [-0.39, 0.29) is 29.5 Å². The Morgan fingerprint density at radius 2 is 1.71 bits per heavy atom. The number of hydrogen-bond donors (Lipinski definition) is 2. The smallest absolute Gasteiger partial charge is 0.407 e. The first kappa shape index (κ1) is 28.3. The molecule has 0 aliphatic heterocycles. The predicted molar refractivity (Wildman–Crippen MR) is 144 cm³/mol. The Morgan fingerprint density at radius 1 is 1.03 bits per heavy atom. The zero-order valence-electron chi connectivity index (χ0n) is 21.6. The number of hydrogen-bond acceptors (Lipinski definition) is 7. The number of amides is 1. The van der Waals surface area contributed by atoms with E-state index in [1.807, 2.05) is 0 Å². The van der Waals surface area contributed by atoms with E-state index >= 15 is 0 Å². The molecule has 11 heteroatoms. The van der Waals surface area contributed by atoms with E-state index in [0.29, 0.717) is 16.0 Å². The molecule has 3 aromatic rings. The molecule has 1 amide bonds. The van der Waals surface area contributed by atoms with Gasteiger partial charge in [-0.25, -0.2) is 13.2 Å². The Hall–Kier alpha value is -4.25. The van der Waals surface area contributed by atoms with Crippen molar-refractivity contribution in [3.63, 3.8) is 0 Å². The second-order valence-corrected chi connectivity index (χ2v) is 10.8. The molecule has 0 aliphatic carbocycles. The number of pyridine rings is 1. The van der Waals surface area contributed by atoms with Gasteiger partial charge in [0.15, 0.2) is 12.4 Å². The first-order valence-corrected chi connectivity index (χ1v) is 13.2. The Morgan fingerprint density at radius 3 is 2.34 bits per heavy atom. The van der Waals surface area contributed by atoms with Crippen LogP contribution >= 0.6 is 0 Å². The molecule has 2 aromatic carbocycles. The molecule has 1 aromatic heterocycles. The van der Waals surface area contributed by atoms with E-state index in [9.17, 15) is 18.4 Å². The van der Waals surface area contributed by atoms with E-state index in [2.05, 4.69) is 10.0 Å². The summed E-state index contributed by atoms with van der Waals surface area (Å²) >= 11 is 0. The zero-order chi connectivity index (χ0) is 27.8. The molecule has 10 nitrogen and oxygen atoms in total. The van der Waals surface area contributed by atoms with Crippen molar-refractivity contribution in [3.8, 4) is 11.5 Å². The Balaban J connectivity index is 1.86. The first-order valence-electron chi connectivity index (χ1n) is 11.7. The highest BCUT2D eigenvalue weighted by atomic mass is 32.2. The molecule has 38 heavy (non-hydrogen) atoms. The van der Waals surface area contributed by atoms with Crippen LogP contribution < -0.4 is 24.2 Å². The van der Waals surface area contributed by atoms with Crippen molar-refractivity contribution in [3.05, 3.63) is 83.3 Å². The van der Waals surface area contributed by atoms with Crippen molar-refractivity contribution in [1.29, 1.82) is 0 Å². The van der Waals surface area contributed by atoms with Gasteiger partial charge >= 0.3 is 6.09 Å². The molecule has 0 saturated carbocycles. The topological polar surface area (TPSA) is 130 Å². The molecule has 0 unspecified atom stereocenters. The minimum Gasteiger partial charge on any atom is -0.619 e. The molecular formula is C27H31N3O7S. The number of nitrogens with zero attached hydrogens (tertiary/aromatic N) is 1. The number of ether oxygens (including phenoxy) is 3. The number of anilines is 1. The number of para-hydroxylation sites is 1. The maximum absolute atomic E-state index is 13.2. The number of carbonyl (C=O) groups is 1. The molecule has 202 valence electrons. The maximum atomic E-state index is 13.2. The van der Waals surface area contributed by atoms with E-state index in [1.165, 1.54) is 31.6 Å². The van der Waals surface area contributed by atoms with Crippen LogP contribution in [-0.4, -0.2) is 40.4 Å². The fourth-order valence-electron chi connectivity index (χ4n) is 3.21. The van der Waals surface area contributed by atoms with Crippen LogP contribution in [0.5, 0.6) is 11.5 Å². The van der Waals surface area contributed by atoms with Crippen molar-refractivity contribution >= 4 is 34.0 Å². The van der Waals surface area contributed by atoms with Gasteiger partial charge in [0.25, 0.3) is 10.0 Å². The molecule has 2 N–H and O–H groups in total. The molecule has 0 fully saturated rings. The van der Waals surface area contributed by atoms with Crippen LogP contribution in [0.2, 0.25) is 0 Å². The quantitative estimate of drug-likeness (QED) is 0.223. The van der Waals surface area contributed by atoms with Gasteiger partial charge in [0.2, 0.25) is 0 Å². The van der Waals surface area contributed by atoms with Gasteiger partial charge in [-0.05, 0) is 56.7 Å². The van der Waals surface area contributed by atoms with Gasteiger partial charge in [-0.1, -0.05) is 24.3 Å². The van der Waals surface area contributed by atoms with Crippen molar-refractivity contribution in [2.45, 2.75) is 31.3 Å². The van der Waals surface area contributed by atoms with Crippen LogP contribution in [-0.2, 0) is 14.8 Å². The minimum atomic E-state index is -3.99. The molecule has 3 rings (SSSR count). The van der Waals surface area contributed by atoms with Crippen molar-refractivity contribution in [2.24, 2.45) is 0 Å². The summed E-state index contributed by atoms with van der Waals surface area (Å²) in [5.41, 5.74) is 0.852. The van der Waals surface area contributed by atoms with E-state index < -0.39 is 21.7 Å². The molecular weight excluding hydrogens is 510 g/mol. The van der Waals surface area contributed by atoms with Gasteiger partial charge < -0.3 is 24.7 Å². The summed E-state index contributed by atoms with van der Waals surface area (Å²) in [7, 11) is -2.50. The third kappa shape index (κ3) is 8.41. The SMILES string of the molecule is COc1ccc(S(=O)(=O)Nc2c(/C=C/c3cc[n+]([O-])cc3)cccc2OCCNC(=O)OC(C)(C)C)cc1. The van der Waals surface area contributed by atoms with Crippen LogP contribution in [0.25, 0.3) is 12.2 Å². The van der Waals surface area contributed by atoms with Crippen molar-refractivity contribution in [1.82, 2.24) is 5.32 Å². The maximum Gasteiger partial charge on any atom is 0.407 e. The summed E-state index contributed by atoms with van der Waals surface area (Å²) in [4.78, 5) is 11.9. The number of rotatable bonds is 10. The summed E-state index contributed by atoms with van der Waals surface area (Å²) in [6.07, 6.45) is 5.60. The predicted octanol–water partition coefficient (Wildman–Crippen LogP) is 4.20. The average molecular weight is 542 g/mol. The fourth-order valence-corrected chi connectivity index (χ4v) is 4.31. The van der Waals surface area contributed by atoms with Gasteiger partial charge in [-0.2, -0.15) is 4.73 Å². The second kappa shape index (κ2) is 12.3. The van der Waals surface area contributed by atoms with Gasteiger partial charge in [-0.3, -0.25) is 4.72 Å². The number of sulfonamides is 1. The summed E-state index contributed by atoms with van der Waals surface area (Å²) in [6, 6.07) is 14.3. The molecule has 0 radical (unpaired) electrons. The van der Waals surface area contributed by atoms with Crippen LogP contribution in [0.1, 0.15) is 31.9 Å². The number of aromatic nitrogens is 1. The monoisotopic (exact) mass is 541 g/mol. The highest BCUT2D eigenvalue weighted by Crippen LogP contribution is 2.32. The minimum absolute atomic E-state index is 0.0395. The number of nitrogens with one attached hydrogen (secondary N) is 2. The summed E-state index contributed by atoms with van der Waals surface area (Å²) in [6.45, 7) is 5.48. The molecule has 0 bridgehead atoms. The summed E-state index contributed by atoms with van der Waals surface area (Å²) < 4.78 is 45.9. The Bertz CT molecular complexity index is 1370. The average Bonchev–Trinajstić information content (AvgIpc) is 2.86. The third-order valence-corrected chi connectivity index (χ3v) is 6.34. The van der Waals surface area contributed by atoms with Gasteiger partial charge in [0, 0.05) is 17.7 Å². The lowest BCUT2D eigenvalue weighted by molar-refractivity contribution is -0.605. The third-order valence-electron chi connectivity index (χ3n) is 4.98. The summed E-state index contributed by atoms with van der Waals surface area (Å²) in [5, 5.41) is 13.9. The first-order chi connectivity index (χ1) is 18.0. The Kier molecular flexibility index (Phi) is 9.19. The highest BCUT2D eigenvalue weighted by molar-refractivity contribution is 7.92. The van der Waals surface area contributed by atoms with Crippen molar-refractivity contribution < 1.29 is 32.2 Å². The van der Waals surface area contributed by atoms with E-state index in [0.717, 1.165) is 5.56 Å². The van der Waals surface area contributed by atoms with E-state index in [4.69, 9.17) is 14.2 Å². The Labute approximate surface area is 222 Å². The summed E-state index contributed by atoms with van der Waals surface area (Å²) in [5.74, 6) is 0.789. The van der Waals surface area contributed by atoms with Crippen molar-refractivity contribution in [2.75, 3.05) is 25.0 Å². The standard InChI is InChI=1S/C27H31N3O7S/c1-27(2,3)37-26(31)28-16-19-36-24-7-5-6-21(9-8-20-14-17-30(32)18-15-20)25(24)29-38(33,34)23-12-10-22(35-4)11-13-23/h5-15,17-18,29H,16,19H2,1-4H3,(H,28,31)/b9-8+. The van der Waals surface area contributed by atoms with Crippen LogP contribution in [0, 0.1) is 5.21 Å².